The minimum atomic E-state index is -0.209. The van der Waals surface area contributed by atoms with Crippen molar-refractivity contribution in [3.63, 3.8) is 0 Å². The molecule has 0 atom stereocenters. The van der Waals surface area contributed by atoms with Gasteiger partial charge in [0, 0.05) is 19.0 Å². The van der Waals surface area contributed by atoms with Crippen molar-refractivity contribution in [1.82, 2.24) is 4.90 Å². The van der Waals surface area contributed by atoms with E-state index in [1.807, 2.05) is 0 Å². The molecule has 1 aromatic carbocycles. The highest BCUT2D eigenvalue weighted by molar-refractivity contribution is 5.97. The number of amides is 1. The maximum absolute atomic E-state index is 12.5. The summed E-state index contributed by atoms with van der Waals surface area (Å²) >= 11 is 0. The van der Waals surface area contributed by atoms with Crippen LogP contribution in [-0.4, -0.2) is 39.5 Å². The summed E-state index contributed by atoms with van der Waals surface area (Å²) in [5, 5.41) is 21.5. The molecule has 1 aliphatic carbocycles. The second-order valence-corrected chi connectivity index (χ2v) is 5.04. The van der Waals surface area contributed by atoms with Crippen LogP contribution < -0.4 is 5.73 Å². The molecule has 1 aromatic rings. The van der Waals surface area contributed by atoms with E-state index in [9.17, 15) is 9.90 Å². The Morgan fingerprint density at radius 3 is 2.80 bits per heavy atom. The van der Waals surface area contributed by atoms with Gasteiger partial charge in [-0.05, 0) is 31.4 Å². The summed E-state index contributed by atoms with van der Waals surface area (Å²) in [5.41, 5.74) is 6.42. The molecular formula is C14H19N3O3. The van der Waals surface area contributed by atoms with Gasteiger partial charge < -0.3 is 20.9 Å². The van der Waals surface area contributed by atoms with Crippen LogP contribution in [0.5, 0.6) is 5.75 Å². The number of amidine groups is 1. The van der Waals surface area contributed by atoms with Crippen molar-refractivity contribution in [2.24, 2.45) is 10.9 Å². The van der Waals surface area contributed by atoms with Gasteiger partial charge in [0.1, 0.15) is 11.6 Å². The Morgan fingerprint density at radius 2 is 2.20 bits per heavy atom. The predicted molar refractivity (Wildman–Crippen MR) is 74.9 cm³/mol. The number of para-hydroxylation sites is 1. The molecule has 1 amide bonds. The fourth-order valence-electron chi connectivity index (χ4n) is 2.11. The molecule has 2 rings (SSSR count). The molecule has 0 aliphatic heterocycles. The smallest absolute Gasteiger partial charge is 0.257 e. The summed E-state index contributed by atoms with van der Waals surface area (Å²) in [7, 11) is 0. The first kappa shape index (κ1) is 14.2. The van der Waals surface area contributed by atoms with Gasteiger partial charge in [-0.3, -0.25) is 4.79 Å². The zero-order valence-electron chi connectivity index (χ0n) is 11.4. The van der Waals surface area contributed by atoms with Crippen LogP contribution in [0, 0.1) is 6.92 Å². The largest absolute Gasteiger partial charge is 0.507 e. The van der Waals surface area contributed by atoms with Gasteiger partial charge >= 0.3 is 0 Å². The Balaban J connectivity index is 2.17. The van der Waals surface area contributed by atoms with E-state index in [-0.39, 0.29) is 23.5 Å². The minimum Gasteiger partial charge on any atom is -0.507 e. The summed E-state index contributed by atoms with van der Waals surface area (Å²) < 4.78 is 0. The Morgan fingerprint density at radius 1 is 1.50 bits per heavy atom. The number of hydrogen-bond acceptors (Lipinski definition) is 4. The lowest BCUT2D eigenvalue weighted by Gasteiger charge is -2.23. The van der Waals surface area contributed by atoms with E-state index in [1.165, 1.54) is 0 Å². The number of hydrogen-bond donors (Lipinski definition) is 3. The molecule has 0 aromatic heterocycles. The zero-order valence-corrected chi connectivity index (χ0v) is 11.4. The van der Waals surface area contributed by atoms with Gasteiger partial charge in [0.2, 0.25) is 0 Å². The summed E-state index contributed by atoms with van der Waals surface area (Å²) in [6.07, 6.45) is 2.22. The van der Waals surface area contributed by atoms with Gasteiger partial charge in [-0.1, -0.05) is 17.3 Å². The highest BCUT2D eigenvalue weighted by Gasteiger charge is 2.33. The van der Waals surface area contributed by atoms with Crippen molar-refractivity contribution in [2.75, 3.05) is 6.54 Å². The van der Waals surface area contributed by atoms with Crippen LogP contribution in [-0.2, 0) is 0 Å². The third kappa shape index (κ3) is 3.01. The van der Waals surface area contributed by atoms with E-state index in [4.69, 9.17) is 10.9 Å². The van der Waals surface area contributed by atoms with Gasteiger partial charge in [-0.15, -0.1) is 0 Å². The molecule has 0 saturated heterocycles. The van der Waals surface area contributed by atoms with Gasteiger partial charge in [-0.25, -0.2) is 0 Å². The molecule has 1 fully saturated rings. The van der Waals surface area contributed by atoms with E-state index in [0.29, 0.717) is 24.1 Å². The molecule has 6 heteroatoms. The maximum Gasteiger partial charge on any atom is 0.257 e. The van der Waals surface area contributed by atoms with Gasteiger partial charge in [-0.2, -0.15) is 0 Å². The lowest BCUT2D eigenvalue weighted by Crippen LogP contribution is -2.36. The van der Waals surface area contributed by atoms with E-state index in [1.54, 1.807) is 30.0 Å². The Bertz CT molecular complexity index is 538. The Kier molecular flexibility index (Phi) is 4.12. The lowest BCUT2D eigenvalue weighted by atomic mass is 10.1. The quantitative estimate of drug-likeness (QED) is 0.328. The number of aryl methyl sites for hydroxylation is 1. The van der Waals surface area contributed by atoms with E-state index in [2.05, 4.69) is 5.16 Å². The lowest BCUT2D eigenvalue weighted by molar-refractivity contribution is 0.0744. The monoisotopic (exact) mass is 277 g/mol. The summed E-state index contributed by atoms with van der Waals surface area (Å²) in [6, 6.07) is 5.30. The van der Waals surface area contributed by atoms with Crippen molar-refractivity contribution in [3.05, 3.63) is 29.3 Å². The van der Waals surface area contributed by atoms with Crippen molar-refractivity contribution in [2.45, 2.75) is 32.2 Å². The second kappa shape index (κ2) is 5.81. The number of phenolic OH excluding ortho intramolecular Hbond substituents is 1. The van der Waals surface area contributed by atoms with Crippen LogP contribution in [0.15, 0.2) is 23.4 Å². The molecule has 0 radical (unpaired) electrons. The number of rotatable bonds is 5. The van der Waals surface area contributed by atoms with Crippen LogP contribution in [0.3, 0.4) is 0 Å². The molecule has 0 spiro atoms. The molecular weight excluding hydrogens is 258 g/mol. The van der Waals surface area contributed by atoms with Crippen LogP contribution in [0.25, 0.3) is 0 Å². The molecule has 20 heavy (non-hydrogen) atoms. The van der Waals surface area contributed by atoms with Crippen LogP contribution in [0.2, 0.25) is 0 Å². The minimum absolute atomic E-state index is 0.0203. The number of carbonyl (C=O) groups is 1. The van der Waals surface area contributed by atoms with Crippen molar-refractivity contribution in [1.29, 1.82) is 0 Å². The van der Waals surface area contributed by atoms with Crippen LogP contribution in [0.4, 0.5) is 0 Å². The molecule has 0 heterocycles. The van der Waals surface area contributed by atoms with Crippen LogP contribution >= 0.6 is 0 Å². The first-order chi connectivity index (χ1) is 9.54. The average molecular weight is 277 g/mol. The maximum atomic E-state index is 12.5. The van der Waals surface area contributed by atoms with E-state index in [0.717, 1.165) is 12.8 Å². The first-order valence-electron chi connectivity index (χ1n) is 6.60. The number of carbonyl (C=O) groups excluding carboxylic acids is 1. The number of aromatic hydroxyl groups is 1. The third-order valence-corrected chi connectivity index (χ3v) is 3.45. The molecule has 1 aliphatic rings. The normalized spacial score (nSPS) is 15.2. The summed E-state index contributed by atoms with van der Waals surface area (Å²) in [5.74, 6) is -0.0942. The summed E-state index contributed by atoms with van der Waals surface area (Å²) in [6.45, 7) is 2.14. The molecule has 6 nitrogen and oxygen atoms in total. The van der Waals surface area contributed by atoms with Gasteiger partial charge in [0.05, 0.1) is 5.56 Å². The number of oxime groups is 1. The Hall–Kier alpha value is -2.24. The van der Waals surface area contributed by atoms with Crippen molar-refractivity contribution < 1.29 is 15.1 Å². The number of phenols is 1. The predicted octanol–water partition coefficient (Wildman–Crippen LogP) is 1.44. The van der Waals surface area contributed by atoms with E-state index >= 15 is 0 Å². The third-order valence-electron chi connectivity index (χ3n) is 3.45. The second-order valence-electron chi connectivity index (χ2n) is 5.04. The molecule has 0 unspecified atom stereocenters. The van der Waals surface area contributed by atoms with Crippen LogP contribution in [0.1, 0.15) is 35.2 Å². The molecule has 1 saturated carbocycles. The average Bonchev–Trinajstić information content (AvgIpc) is 3.26. The zero-order chi connectivity index (χ0) is 14.7. The SMILES string of the molecule is Cc1cccc(C(=O)N(CCC(N)=NO)C2CC2)c1O. The van der Waals surface area contributed by atoms with Crippen molar-refractivity contribution >= 4 is 11.7 Å². The highest BCUT2D eigenvalue weighted by atomic mass is 16.4. The standard InChI is InChI=1S/C14H19N3O3/c1-9-3-2-4-11(13(9)18)14(19)17(10-5-6-10)8-7-12(15)16-20/h2-4,10,18,20H,5-8H2,1H3,(H2,15,16). The number of nitrogens with zero attached hydrogens (tertiary/aromatic N) is 2. The number of nitrogens with two attached hydrogens (primary N) is 1. The van der Waals surface area contributed by atoms with E-state index < -0.39 is 0 Å². The highest BCUT2D eigenvalue weighted by Crippen LogP contribution is 2.31. The fraction of sp³-hybridized carbons (Fsp3) is 0.429. The number of benzene rings is 1. The topological polar surface area (TPSA) is 99.2 Å². The fourth-order valence-corrected chi connectivity index (χ4v) is 2.11. The Labute approximate surface area is 117 Å². The molecule has 0 bridgehead atoms. The van der Waals surface area contributed by atoms with Gasteiger partial charge in [0.15, 0.2) is 0 Å². The first-order valence-corrected chi connectivity index (χ1v) is 6.60. The molecule has 108 valence electrons. The van der Waals surface area contributed by atoms with Crippen molar-refractivity contribution in [3.8, 4) is 5.75 Å². The van der Waals surface area contributed by atoms with Gasteiger partial charge in [0.25, 0.3) is 5.91 Å². The molecule has 4 N–H and O–H groups in total. The summed E-state index contributed by atoms with van der Waals surface area (Å²) in [4.78, 5) is 14.2.